The van der Waals surface area contributed by atoms with E-state index in [1.165, 1.54) is 29.8 Å². The Morgan fingerprint density at radius 2 is 2.05 bits per heavy atom. The molecule has 1 aromatic rings. The smallest absolute Gasteiger partial charge is 0.343 e. The van der Waals surface area contributed by atoms with Crippen molar-refractivity contribution in [1.82, 2.24) is 4.90 Å². The number of nitrogens with two attached hydrogens (primary N) is 1. The largest absolute Gasteiger partial charge is 0.465 e. The van der Waals surface area contributed by atoms with Gasteiger partial charge in [-0.15, -0.1) is 11.3 Å². The Hall–Kier alpha value is -1.76. The van der Waals surface area contributed by atoms with Crippen LogP contribution in [0.1, 0.15) is 39.3 Å². The Balaban J connectivity index is 2.39. The van der Waals surface area contributed by atoms with Gasteiger partial charge in [-0.2, -0.15) is 0 Å². The molecule has 6 nitrogen and oxygen atoms in total. The summed E-state index contributed by atoms with van der Waals surface area (Å²) in [6, 6.07) is 0.346. The van der Waals surface area contributed by atoms with Crippen molar-refractivity contribution in [1.29, 1.82) is 0 Å². The van der Waals surface area contributed by atoms with Gasteiger partial charge in [0.1, 0.15) is 15.4 Å². The fourth-order valence-corrected chi connectivity index (χ4v) is 3.16. The van der Waals surface area contributed by atoms with E-state index < -0.39 is 5.97 Å². The lowest BCUT2D eigenvalue weighted by Gasteiger charge is -2.27. The number of amides is 1. The maximum Gasteiger partial charge on any atom is 0.343 e. The number of nitrogens with one attached hydrogen (secondary N) is 1. The molecule has 0 aromatic carbocycles. The van der Waals surface area contributed by atoms with Crippen molar-refractivity contribution in [2.45, 2.75) is 25.3 Å². The summed E-state index contributed by atoms with van der Waals surface area (Å²) in [7, 11) is 4.61. The summed E-state index contributed by atoms with van der Waals surface area (Å²) < 4.78 is 4.77. The van der Waals surface area contributed by atoms with Gasteiger partial charge in [0.25, 0.3) is 5.91 Å². The molecule has 0 spiro atoms. The van der Waals surface area contributed by atoms with Gasteiger partial charge < -0.3 is 20.7 Å². The minimum absolute atomic E-state index is 0.197. The SMILES string of the molecule is COC(=O)c1c(NC2CCC2)sc(C(=O)N(C)C)c1N. The molecular formula is C13H19N3O3S. The molecule has 2 rings (SSSR count). The van der Waals surface area contributed by atoms with Gasteiger partial charge in [-0.05, 0) is 19.3 Å². The van der Waals surface area contributed by atoms with Crippen LogP contribution in [0.15, 0.2) is 0 Å². The highest BCUT2D eigenvalue weighted by Crippen LogP contribution is 2.38. The predicted octanol–water partition coefficient (Wildman–Crippen LogP) is 1.78. The third-order valence-corrected chi connectivity index (χ3v) is 4.50. The number of ether oxygens (including phenoxy) is 1. The number of hydrogen-bond donors (Lipinski definition) is 2. The van der Waals surface area contributed by atoms with Crippen molar-refractivity contribution in [3.05, 3.63) is 10.4 Å². The Morgan fingerprint density at radius 3 is 2.50 bits per heavy atom. The summed E-state index contributed by atoms with van der Waals surface area (Å²) in [5.74, 6) is -0.724. The zero-order valence-corrected chi connectivity index (χ0v) is 12.7. The van der Waals surface area contributed by atoms with E-state index in [-0.39, 0.29) is 17.2 Å². The van der Waals surface area contributed by atoms with E-state index in [0.717, 1.165) is 12.8 Å². The molecule has 7 heteroatoms. The molecule has 3 N–H and O–H groups in total. The number of thiophene rings is 1. The van der Waals surface area contributed by atoms with E-state index in [4.69, 9.17) is 10.5 Å². The second kappa shape index (κ2) is 5.70. The van der Waals surface area contributed by atoms with Crippen molar-refractivity contribution >= 4 is 33.9 Å². The van der Waals surface area contributed by atoms with Gasteiger partial charge in [-0.3, -0.25) is 4.79 Å². The molecule has 1 aliphatic rings. The summed E-state index contributed by atoms with van der Waals surface area (Å²) in [4.78, 5) is 25.8. The van der Waals surface area contributed by atoms with Crippen LogP contribution >= 0.6 is 11.3 Å². The molecule has 1 aromatic heterocycles. The lowest BCUT2D eigenvalue weighted by atomic mass is 9.93. The maximum atomic E-state index is 12.1. The molecule has 1 fully saturated rings. The number of nitrogen functional groups attached to an aromatic ring is 1. The van der Waals surface area contributed by atoms with Gasteiger partial charge >= 0.3 is 5.97 Å². The molecule has 0 bridgehead atoms. The number of methoxy groups -OCH3 is 1. The van der Waals surface area contributed by atoms with Crippen LogP contribution in [0.3, 0.4) is 0 Å². The first kappa shape index (κ1) is 14.6. The summed E-state index contributed by atoms with van der Waals surface area (Å²) in [6.07, 6.45) is 3.31. The molecule has 0 unspecified atom stereocenters. The third kappa shape index (κ3) is 2.58. The van der Waals surface area contributed by atoms with Gasteiger partial charge in [-0.25, -0.2) is 4.79 Å². The first-order valence-electron chi connectivity index (χ1n) is 6.44. The van der Waals surface area contributed by atoms with Crippen molar-refractivity contribution in [2.75, 3.05) is 32.3 Å². The van der Waals surface area contributed by atoms with Gasteiger partial charge in [0.2, 0.25) is 0 Å². The lowest BCUT2D eigenvalue weighted by Crippen LogP contribution is -2.27. The Bertz CT molecular complexity index is 535. The van der Waals surface area contributed by atoms with E-state index in [9.17, 15) is 9.59 Å². The van der Waals surface area contributed by atoms with Crippen LogP contribution in [0, 0.1) is 0 Å². The highest BCUT2D eigenvalue weighted by Gasteiger charge is 2.29. The first-order chi connectivity index (χ1) is 9.45. The van der Waals surface area contributed by atoms with Crippen LogP contribution in [0.4, 0.5) is 10.7 Å². The first-order valence-corrected chi connectivity index (χ1v) is 7.26. The molecule has 0 aliphatic heterocycles. The van der Waals surface area contributed by atoms with Crippen molar-refractivity contribution in [2.24, 2.45) is 0 Å². The molecule has 1 amide bonds. The van der Waals surface area contributed by atoms with Crippen LogP contribution in [0.25, 0.3) is 0 Å². The Labute approximate surface area is 121 Å². The second-order valence-electron chi connectivity index (χ2n) is 5.01. The molecule has 0 radical (unpaired) electrons. The zero-order valence-electron chi connectivity index (χ0n) is 11.9. The van der Waals surface area contributed by atoms with Crippen molar-refractivity contribution in [3.63, 3.8) is 0 Å². The molecule has 0 atom stereocenters. The molecule has 1 heterocycles. The van der Waals surface area contributed by atoms with E-state index in [1.807, 2.05) is 0 Å². The van der Waals surface area contributed by atoms with Gasteiger partial charge in [-0.1, -0.05) is 0 Å². The molecule has 20 heavy (non-hydrogen) atoms. The molecule has 1 saturated carbocycles. The standard InChI is InChI=1S/C13H19N3O3S/c1-16(2)12(17)10-9(14)8(13(18)19-3)11(20-10)15-7-5-4-6-7/h7,15H,4-6,14H2,1-3H3. The van der Waals surface area contributed by atoms with E-state index in [1.54, 1.807) is 14.1 Å². The average Bonchev–Trinajstić information content (AvgIpc) is 2.69. The normalized spacial score (nSPS) is 14.6. The minimum Gasteiger partial charge on any atom is -0.465 e. The molecule has 110 valence electrons. The summed E-state index contributed by atoms with van der Waals surface area (Å²) in [5.41, 5.74) is 6.45. The lowest BCUT2D eigenvalue weighted by molar-refractivity contribution is 0.0603. The van der Waals surface area contributed by atoms with E-state index >= 15 is 0 Å². The summed E-state index contributed by atoms with van der Waals surface area (Å²) in [6.45, 7) is 0. The Morgan fingerprint density at radius 1 is 1.40 bits per heavy atom. The highest BCUT2D eigenvalue weighted by atomic mass is 32.1. The van der Waals surface area contributed by atoms with Crippen LogP contribution in [-0.2, 0) is 4.74 Å². The van der Waals surface area contributed by atoms with Crippen molar-refractivity contribution < 1.29 is 14.3 Å². The highest BCUT2D eigenvalue weighted by molar-refractivity contribution is 7.19. The third-order valence-electron chi connectivity index (χ3n) is 3.38. The number of hydrogen-bond acceptors (Lipinski definition) is 6. The maximum absolute atomic E-state index is 12.1. The van der Waals surface area contributed by atoms with E-state index in [2.05, 4.69) is 5.32 Å². The minimum atomic E-state index is -0.515. The number of esters is 1. The fraction of sp³-hybridized carbons (Fsp3) is 0.538. The fourth-order valence-electron chi connectivity index (χ4n) is 1.95. The predicted molar refractivity (Wildman–Crippen MR) is 79.4 cm³/mol. The number of carbonyl (C=O) groups excluding carboxylic acids is 2. The topological polar surface area (TPSA) is 84.7 Å². The van der Waals surface area contributed by atoms with Gasteiger partial charge in [0.05, 0.1) is 12.8 Å². The zero-order chi connectivity index (χ0) is 14.9. The van der Waals surface area contributed by atoms with E-state index in [0.29, 0.717) is 15.9 Å². The van der Waals surface area contributed by atoms with Crippen molar-refractivity contribution in [3.8, 4) is 0 Å². The monoisotopic (exact) mass is 297 g/mol. The number of rotatable bonds is 4. The molecular weight excluding hydrogens is 278 g/mol. The number of anilines is 2. The summed E-state index contributed by atoms with van der Waals surface area (Å²) >= 11 is 1.22. The van der Waals surface area contributed by atoms with Gasteiger partial charge in [0.15, 0.2) is 0 Å². The molecule has 0 saturated heterocycles. The number of carbonyl (C=O) groups is 2. The average molecular weight is 297 g/mol. The molecule has 1 aliphatic carbocycles. The quantitative estimate of drug-likeness (QED) is 0.828. The van der Waals surface area contributed by atoms with Crippen LogP contribution in [0.5, 0.6) is 0 Å². The summed E-state index contributed by atoms with van der Waals surface area (Å²) in [5, 5.41) is 3.91. The van der Waals surface area contributed by atoms with Crippen LogP contribution < -0.4 is 11.1 Å². The second-order valence-corrected chi connectivity index (χ2v) is 6.03. The Kier molecular flexibility index (Phi) is 4.17. The van der Waals surface area contributed by atoms with Crippen LogP contribution in [-0.4, -0.2) is 44.0 Å². The van der Waals surface area contributed by atoms with Gasteiger partial charge in [0, 0.05) is 20.1 Å². The number of nitrogens with zero attached hydrogens (tertiary/aromatic N) is 1. The van der Waals surface area contributed by atoms with Crippen LogP contribution in [0.2, 0.25) is 0 Å².